The molecule has 4 aromatic rings. The van der Waals surface area contributed by atoms with Crippen LogP contribution in [-0.2, 0) is 10.0 Å². The number of benzene rings is 2. The number of amides is 1. The van der Waals surface area contributed by atoms with Gasteiger partial charge in [-0.25, -0.2) is 13.4 Å². The maximum atomic E-state index is 12.7. The van der Waals surface area contributed by atoms with Gasteiger partial charge < -0.3 is 10.3 Å². The number of anilines is 2. The molecule has 0 spiro atoms. The van der Waals surface area contributed by atoms with Gasteiger partial charge >= 0.3 is 0 Å². The summed E-state index contributed by atoms with van der Waals surface area (Å²) >= 11 is 0. The molecule has 2 aromatic heterocycles. The summed E-state index contributed by atoms with van der Waals surface area (Å²) in [6, 6.07) is 17.9. The predicted octanol–water partition coefficient (Wildman–Crippen LogP) is 3.88. The Morgan fingerprint density at radius 2 is 1.80 bits per heavy atom. The zero-order valence-corrected chi connectivity index (χ0v) is 17.3. The molecule has 0 atom stereocenters. The van der Waals surface area contributed by atoms with Crippen molar-refractivity contribution in [3.63, 3.8) is 0 Å². The van der Waals surface area contributed by atoms with Crippen molar-refractivity contribution in [3.8, 4) is 11.1 Å². The number of H-pyrrole nitrogens is 1. The second-order valence-electron chi connectivity index (χ2n) is 6.92. The Hall–Kier alpha value is -3.65. The monoisotopic (exact) mass is 420 g/mol. The molecule has 2 heterocycles. The minimum absolute atomic E-state index is 0.324. The molecule has 2 aromatic carbocycles. The van der Waals surface area contributed by atoms with Gasteiger partial charge in [-0.15, -0.1) is 0 Å². The summed E-state index contributed by atoms with van der Waals surface area (Å²) in [6.45, 7) is 0. The van der Waals surface area contributed by atoms with Crippen molar-refractivity contribution in [1.82, 2.24) is 9.97 Å². The maximum Gasteiger partial charge on any atom is 0.255 e. The van der Waals surface area contributed by atoms with Crippen LogP contribution < -0.4 is 9.62 Å². The molecule has 0 aliphatic carbocycles. The lowest BCUT2D eigenvalue weighted by atomic mass is 10.0. The highest BCUT2D eigenvalue weighted by molar-refractivity contribution is 7.92. The average Bonchev–Trinajstić information content (AvgIpc) is 3.21. The smallest absolute Gasteiger partial charge is 0.255 e. The number of hydrogen-bond acceptors (Lipinski definition) is 4. The summed E-state index contributed by atoms with van der Waals surface area (Å²) in [4.78, 5) is 20.2. The fraction of sp³-hybridized carbons (Fsp3) is 0.0909. The Bertz CT molecular complexity index is 1330. The number of aromatic nitrogens is 2. The Labute approximate surface area is 174 Å². The van der Waals surface area contributed by atoms with E-state index in [1.807, 2.05) is 30.5 Å². The summed E-state index contributed by atoms with van der Waals surface area (Å²) in [5.41, 5.74) is 3.69. The largest absolute Gasteiger partial charge is 0.346 e. The number of hydrogen-bond donors (Lipinski definition) is 2. The van der Waals surface area contributed by atoms with Crippen molar-refractivity contribution in [3.05, 3.63) is 78.6 Å². The molecular weight excluding hydrogens is 400 g/mol. The van der Waals surface area contributed by atoms with Crippen LogP contribution in [0.2, 0.25) is 0 Å². The lowest BCUT2D eigenvalue weighted by molar-refractivity contribution is 0.102. The zero-order chi connectivity index (χ0) is 21.3. The van der Waals surface area contributed by atoms with Crippen molar-refractivity contribution in [1.29, 1.82) is 0 Å². The highest BCUT2D eigenvalue weighted by Gasteiger charge is 2.19. The molecule has 0 fully saturated rings. The van der Waals surface area contributed by atoms with Crippen LogP contribution in [0.25, 0.3) is 22.2 Å². The quantitative estimate of drug-likeness (QED) is 0.512. The molecule has 0 unspecified atom stereocenters. The number of nitrogens with one attached hydrogen (secondary N) is 2. The van der Waals surface area contributed by atoms with Gasteiger partial charge in [0.05, 0.1) is 17.6 Å². The predicted molar refractivity (Wildman–Crippen MR) is 119 cm³/mol. The first-order chi connectivity index (χ1) is 14.3. The minimum atomic E-state index is -3.51. The number of fused-ring (bicyclic) bond motifs is 1. The van der Waals surface area contributed by atoms with Crippen LogP contribution in [0.1, 0.15) is 10.4 Å². The highest BCUT2D eigenvalue weighted by atomic mass is 32.2. The molecule has 0 aliphatic rings. The van der Waals surface area contributed by atoms with E-state index in [1.165, 1.54) is 7.05 Å². The molecule has 0 radical (unpaired) electrons. The summed E-state index contributed by atoms with van der Waals surface area (Å²) in [5.74, 6) is -0.324. The summed E-state index contributed by atoms with van der Waals surface area (Å²) in [5, 5.41) is 3.81. The van der Waals surface area contributed by atoms with E-state index in [2.05, 4.69) is 15.3 Å². The van der Waals surface area contributed by atoms with Crippen LogP contribution in [0, 0.1) is 0 Å². The Kier molecular flexibility index (Phi) is 5.01. The van der Waals surface area contributed by atoms with Crippen LogP contribution in [0.3, 0.4) is 0 Å². The van der Waals surface area contributed by atoms with E-state index in [4.69, 9.17) is 0 Å². The number of rotatable bonds is 5. The number of carbonyl (C=O) groups excluding carboxylic acids is 1. The van der Waals surface area contributed by atoms with Gasteiger partial charge in [-0.2, -0.15) is 0 Å². The number of sulfonamides is 1. The molecule has 4 rings (SSSR count). The lowest BCUT2D eigenvalue weighted by Crippen LogP contribution is -2.26. The highest BCUT2D eigenvalue weighted by Crippen LogP contribution is 2.33. The van der Waals surface area contributed by atoms with Gasteiger partial charge in [-0.3, -0.25) is 9.10 Å². The SMILES string of the molecule is CN(c1ccc(-c2cnc3[nH]ccc3c2)cc1NC(=O)c1ccccc1)S(C)(=O)=O. The summed E-state index contributed by atoms with van der Waals surface area (Å²) < 4.78 is 25.4. The first-order valence-corrected chi connectivity index (χ1v) is 11.1. The summed E-state index contributed by atoms with van der Waals surface area (Å²) in [6.07, 6.45) is 4.67. The Morgan fingerprint density at radius 3 is 2.53 bits per heavy atom. The Balaban J connectivity index is 1.78. The van der Waals surface area contributed by atoms with Gasteiger partial charge in [0, 0.05) is 36.0 Å². The number of pyridine rings is 1. The first-order valence-electron chi connectivity index (χ1n) is 9.21. The van der Waals surface area contributed by atoms with E-state index in [0.29, 0.717) is 16.9 Å². The molecule has 30 heavy (non-hydrogen) atoms. The summed E-state index contributed by atoms with van der Waals surface area (Å²) in [7, 11) is -2.06. The molecule has 0 bridgehead atoms. The molecule has 7 nitrogen and oxygen atoms in total. The maximum absolute atomic E-state index is 12.7. The first kappa shape index (κ1) is 19.7. The number of aromatic amines is 1. The van der Waals surface area contributed by atoms with Crippen molar-refractivity contribution >= 4 is 38.3 Å². The third-order valence-corrected chi connectivity index (χ3v) is 6.04. The number of nitrogens with zero attached hydrogens (tertiary/aromatic N) is 2. The van der Waals surface area contributed by atoms with Crippen LogP contribution in [-0.4, -0.2) is 37.6 Å². The Morgan fingerprint density at radius 1 is 1.03 bits per heavy atom. The van der Waals surface area contributed by atoms with Gasteiger partial charge in [0.25, 0.3) is 5.91 Å². The molecule has 0 saturated heterocycles. The standard InChI is InChI=1S/C22H20N4O3S/c1-26(30(2,28)29)20-9-8-16(18-12-17-10-11-23-21(17)24-14-18)13-19(20)25-22(27)15-6-4-3-5-7-15/h3-14H,1-2H3,(H,23,24)(H,25,27). The topological polar surface area (TPSA) is 95.2 Å². The van der Waals surface area contributed by atoms with Gasteiger partial charge in [-0.05, 0) is 42.0 Å². The van der Waals surface area contributed by atoms with E-state index in [-0.39, 0.29) is 5.91 Å². The van der Waals surface area contributed by atoms with E-state index in [0.717, 1.165) is 32.7 Å². The molecule has 2 N–H and O–H groups in total. The molecule has 8 heteroatoms. The van der Waals surface area contributed by atoms with Crippen LogP contribution >= 0.6 is 0 Å². The fourth-order valence-electron chi connectivity index (χ4n) is 3.15. The third-order valence-electron chi connectivity index (χ3n) is 4.85. The van der Waals surface area contributed by atoms with Crippen LogP contribution in [0.15, 0.2) is 73.1 Å². The second kappa shape index (κ2) is 7.64. The lowest BCUT2D eigenvalue weighted by Gasteiger charge is -2.21. The normalized spacial score (nSPS) is 11.4. The van der Waals surface area contributed by atoms with Gasteiger partial charge in [0.2, 0.25) is 10.0 Å². The molecular formula is C22H20N4O3S. The van der Waals surface area contributed by atoms with Crippen molar-refractivity contribution < 1.29 is 13.2 Å². The van der Waals surface area contributed by atoms with Gasteiger partial charge in [-0.1, -0.05) is 24.3 Å². The molecule has 1 amide bonds. The third kappa shape index (κ3) is 3.90. The number of carbonyl (C=O) groups is 1. The zero-order valence-electron chi connectivity index (χ0n) is 16.5. The van der Waals surface area contributed by atoms with E-state index >= 15 is 0 Å². The van der Waals surface area contributed by atoms with Crippen molar-refractivity contribution in [2.45, 2.75) is 0 Å². The molecule has 0 saturated carbocycles. The second-order valence-corrected chi connectivity index (χ2v) is 8.94. The minimum Gasteiger partial charge on any atom is -0.346 e. The van der Waals surface area contributed by atoms with Gasteiger partial charge in [0.1, 0.15) is 5.65 Å². The van der Waals surface area contributed by atoms with Gasteiger partial charge in [0.15, 0.2) is 0 Å². The van der Waals surface area contributed by atoms with Crippen molar-refractivity contribution in [2.75, 3.05) is 22.9 Å². The van der Waals surface area contributed by atoms with E-state index in [1.54, 1.807) is 42.6 Å². The van der Waals surface area contributed by atoms with E-state index < -0.39 is 10.0 Å². The van der Waals surface area contributed by atoms with Crippen molar-refractivity contribution in [2.24, 2.45) is 0 Å². The average molecular weight is 420 g/mol. The van der Waals surface area contributed by atoms with E-state index in [9.17, 15) is 13.2 Å². The van der Waals surface area contributed by atoms with Crippen LogP contribution in [0.5, 0.6) is 0 Å². The fourth-order valence-corrected chi connectivity index (χ4v) is 3.67. The molecule has 152 valence electrons. The molecule has 0 aliphatic heterocycles. The van der Waals surface area contributed by atoms with Crippen LogP contribution in [0.4, 0.5) is 11.4 Å².